The van der Waals surface area contributed by atoms with Crippen LogP contribution in [0, 0.1) is 5.92 Å². The van der Waals surface area contributed by atoms with E-state index in [1.54, 1.807) is 0 Å². The molecule has 0 aliphatic carbocycles. The highest BCUT2D eigenvalue weighted by Crippen LogP contribution is 2.22. The van der Waals surface area contributed by atoms with E-state index in [0.29, 0.717) is 11.1 Å². The predicted octanol–water partition coefficient (Wildman–Crippen LogP) is -4.79. The number of phenolic OH excluding ortho intramolecular Hbond substituents is 2. The maximum atomic E-state index is 14.6. The molecule has 3 aromatic rings. The van der Waals surface area contributed by atoms with E-state index in [1.165, 1.54) is 61.1 Å². The number of aliphatic hydroxyl groups is 2. The van der Waals surface area contributed by atoms with Crippen molar-refractivity contribution in [3.8, 4) is 11.5 Å². The average molecular weight is 1120 g/mol. The summed E-state index contributed by atoms with van der Waals surface area (Å²) in [4.78, 5) is 155. The zero-order valence-corrected chi connectivity index (χ0v) is 44.3. The number of carboxylic acid groups (broad SMARTS) is 1. The molecule has 0 saturated carbocycles. The number of aromatic nitrogens is 2. The van der Waals surface area contributed by atoms with Crippen LogP contribution in [0.1, 0.15) is 76.1 Å². The predicted molar refractivity (Wildman–Crippen MR) is 280 cm³/mol. The smallest absolute Gasteiger partial charge is 0.328 e. The number of H-pyrrole nitrogens is 1. The molecule has 80 heavy (non-hydrogen) atoms. The monoisotopic (exact) mass is 1120 g/mol. The fourth-order valence-corrected chi connectivity index (χ4v) is 8.53. The second-order valence-corrected chi connectivity index (χ2v) is 19.7. The van der Waals surface area contributed by atoms with Gasteiger partial charge in [-0.1, -0.05) is 38.1 Å². The average Bonchev–Trinajstić information content (AvgIpc) is 4.12. The molecule has 0 unspecified atom stereocenters. The molecule has 0 spiro atoms. The summed E-state index contributed by atoms with van der Waals surface area (Å²) in [7, 11) is 0. The van der Waals surface area contributed by atoms with Crippen molar-refractivity contribution in [3.05, 3.63) is 77.9 Å². The number of carboxylic acids is 1. The number of amides is 10. The lowest BCUT2D eigenvalue weighted by Crippen LogP contribution is -2.61. The van der Waals surface area contributed by atoms with Crippen molar-refractivity contribution >= 4 is 65.0 Å². The number of phenols is 2. The Morgan fingerprint density at radius 3 is 1.69 bits per heavy atom. The third-order valence-corrected chi connectivity index (χ3v) is 12.7. The van der Waals surface area contributed by atoms with Crippen LogP contribution < -0.4 is 54.4 Å². The Balaban J connectivity index is 1.58. The highest BCUT2D eigenvalue weighted by atomic mass is 16.4. The maximum absolute atomic E-state index is 14.6. The molecule has 436 valence electrons. The van der Waals surface area contributed by atoms with Crippen molar-refractivity contribution in [2.45, 2.75) is 139 Å². The van der Waals surface area contributed by atoms with Crippen LogP contribution >= 0.6 is 0 Å². The molecule has 10 amide bonds. The zero-order chi connectivity index (χ0) is 59.4. The summed E-state index contributed by atoms with van der Waals surface area (Å²) in [5.74, 6) is -11.7. The summed E-state index contributed by atoms with van der Waals surface area (Å²) >= 11 is 0. The van der Waals surface area contributed by atoms with Gasteiger partial charge >= 0.3 is 5.97 Å². The number of carbonyl (C=O) groups is 11. The van der Waals surface area contributed by atoms with Crippen LogP contribution in [0.5, 0.6) is 11.5 Å². The van der Waals surface area contributed by atoms with Gasteiger partial charge < -0.3 is 89.8 Å². The van der Waals surface area contributed by atoms with E-state index >= 15 is 0 Å². The molecule has 10 atom stereocenters. The lowest BCUT2D eigenvalue weighted by atomic mass is 10.0. The first-order valence-corrected chi connectivity index (χ1v) is 25.6. The molecular weight excluding hydrogens is 1050 g/mol. The Labute approximate surface area is 458 Å². The van der Waals surface area contributed by atoms with Crippen molar-refractivity contribution in [1.82, 2.24) is 52.1 Å². The minimum Gasteiger partial charge on any atom is -0.508 e. The van der Waals surface area contributed by atoms with E-state index in [1.807, 2.05) is 13.8 Å². The Kier molecular flexibility index (Phi) is 24.3. The molecule has 4 rings (SSSR count). The number of imidazole rings is 1. The fourth-order valence-electron chi connectivity index (χ4n) is 8.53. The number of rotatable bonds is 31. The van der Waals surface area contributed by atoms with Gasteiger partial charge in [0, 0.05) is 44.1 Å². The SMILES string of the molecule is CC(C)C[C@H](N)C(=O)N[C@@H](CCC(N)=O)C(=O)N[C@@H](Cc1cnc[nH]1)C(=O)N[C@@H](CC(N)=O)C(=O)N[C@@H](CO)C(=O)N[C@@H](Cc1ccc(O)cc1)C(=O)N1CCC[C@H]1C(=O)N[C@@H](Cc1ccc(O)cc1)C(=O)N[C@H](C(=O)O)[C@@H](C)O. The molecule has 2 aromatic carbocycles. The summed E-state index contributed by atoms with van der Waals surface area (Å²) in [6, 6.07) is -2.96. The number of likely N-dealkylation sites (tertiary alicyclic amines) is 1. The standard InChI is InChI=1S/C51H71N13O16/c1-25(2)17-32(52)43(71)57-33(14-15-40(53)69)44(72)58-35(20-29-22-55-24-56-29)45(73)59-36(21-41(54)70)46(74)62-38(23-65)48(76)61-37(19-28-8-12-31(68)13-9-28)50(78)64-16-4-5-39(64)49(77)60-34(18-27-6-10-30(67)11-7-27)47(75)63-42(26(3)66)51(79)80/h6-13,22,24-26,32-39,42,65-68H,4-5,14-21,23,52H2,1-3H3,(H2,53,69)(H2,54,70)(H,55,56)(H,57,71)(H,58,72)(H,59,73)(H,60,77)(H,61,76)(H,62,74)(H,63,75)(H,79,80)/t26-,32+,33+,34+,35+,36+,37+,38+,39+,42+/m1/s1. The molecule has 2 heterocycles. The second-order valence-electron chi connectivity index (χ2n) is 19.7. The lowest BCUT2D eigenvalue weighted by molar-refractivity contribution is -0.145. The first-order chi connectivity index (χ1) is 37.8. The molecule has 1 aliphatic rings. The van der Waals surface area contributed by atoms with E-state index in [9.17, 15) is 78.3 Å². The normalized spacial score (nSPS) is 16.4. The van der Waals surface area contributed by atoms with Crippen LogP contribution in [0.2, 0.25) is 0 Å². The number of carbonyl (C=O) groups excluding carboxylic acids is 10. The Hall–Kier alpha value is -8.70. The first kappa shape index (κ1) is 63.8. The topological polar surface area (TPSA) is 483 Å². The fraction of sp³-hybridized carbons (Fsp3) is 0.490. The molecule has 29 nitrogen and oxygen atoms in total. The number of hydrogen-bond donors (Lipinski definition) is 16. The Morgan fingerprint density at radius 1 is 0.662 bits per heavy atom. The third-order valence-electron chi connectivity index (χ3n) is 12.7. The van der Waals surface area contributed by atoms with E-state index in [0.717, 1.165) is 11.8 Å². The van der Waals surface area contributed by atoms with Gasteiger partial charge in [0.2, 0.25) is 59.1 Å². The molecule has 0 radical (unpaired) electrons. The van der Waals surface area contributed by atoms with Crippen LogP contribution in [0.3, 0.4) is 0 Å². The number of nitrogens with zero attached hydrogens (tertiary/aromatic N) is 2. The Morgan fingerprint density at radius 2 is 1.16 bits per heavy atom. The molecule has 1 aromatic heterocycles. The number of benzene rings is 2. The summed E-state index contributed by atoms with van der Waals surface area (Å²) < 4.78 is 0. The highest BCUT2D eigenvalue weighted by Gasteiger charge is 2.41. The minimum atomic E-state index is -1.91. The molecule has 1 fully saturated rings. The van der Waals surface area contributed by atoms with E-state index in [2.05, 4.69) is 47.2 Å². The van der Waals surface area contributed by atoms with Crippen LogP contribution in [0.15, 0.2) is 61.1 Å². The van der Waals surface area contributed by atoms with E-state index in [-0.39, 0.29) is 81.0 Å². The number of nitrogens with two attached hydrogens (primary N) is 3. The summed E-state index contributed by atoms with van der Waals surface area (Å²) in [5, 5.41) is 66.8. The van der Waals surface area contributed by atoms with E-state index < -0.39 is 139 Å². The van der Waals surface area contributed by atoms with Gasteiger partial charge in [-0.2, -0.15) is 0 Å². The summed E-state index contributed by atoms with van der Waals surface area (Å²) in [5.41, 5.74) is 17.9. The second kappa shape index (κ2) is 30.4. The Bertz CT molecular complexity index is 2650. The van der Waals surface area contributed by atoms with Crippen molar-refractivity contribution in [3.63, 3.8) is 0 Å². The minimum absolute atomic E-state index is 0.00540. The van der Waals surface area contributed by atoms with Gasteiger partial charge in [-0.05, 0) is 73.9 Å². The van der Waals surface area contributed by atoms with E-state index in [4.69, 9.17) is 17.2 Å². The first-order valence-electron chi connectivity index (χ1n) is 25.6. The van der Waals surface area contributed by atoms with Crippen LogP contribution in [-0.2, 0) is 72.0 Å². The lowest BCUT2D eigenvalue weighted by Gasteiger charge is -2.31. The van der Waals surface area contributed by atoms with Crippen molar-refractivity contribution in [2.24, 2.45) is 23.1 Å². The van der Waals surface area contributed by atoms with Crippen LogP contribution in [0.4, 0.5) is 0 Å². The van der Waals surface area contributed by atoms with Crippen LogP contribution in [-0.4, -0.2) is 179 Å². The third kappa shape index (κ3) is 19.9. The van der Waals surface area contributed by atoms with Crippen molar-refractivity contribution in [2.75, 3.05) is 13.2 Å². The number of aromatic amines is 1. The zero-order valence-electron chi connectivity index (χ0n) is 44.3. The molecule has 0 bridgehead atoms. The molecule has 1 aliphatic heterocycles. The number of nitrogens with one attached hydrogen (secondary N) is 8. The number of primary amides is 2. The number of aromatic hydroxyl groups is 2. The van der Waals surface area contributed by atoms with Crippen molar-refractivity contribution in [1.29, 1.82) is 0 Å². The highest BCUT2D eigenvalue weighted by molar-refractivity contribution is 5.99. The molecular formula is C51H71N13O16. The van der Waals surface area contributed by atoms with Gasteiger partial charge in [-0.3, -0.25) is 47.9 Å². The quantitative estimate of drug-likeness (QED) is 0.0287. The molecule has 19 N–H and O–H groups in total. The number of aliphatic carboxylic acids is 1. The van der Waals surface area contributed by atoms with Gasteiger partial charge in [0.25, 0.3) is 0 Å². The van der Waals surface area contributed by atoms with Gasteiger partial charge in [0.15, 0.2) is 6.04 Å². The van der Waals surface area contributed by atoms with Crippen LogP contribution in [0.25, 0.3) is 0 Å². The number of aliphatic hydroxyl groups excluding tert-OH is 2. The largest absolute Gasteiger partial charge is 0.508 e. The summed E-state index contributed by atoms with van der Waals surface area (Å²) in [6.07, 6.45) is -0.858. The maximum Gasteiger partial charge on any atom is 0.328 e. The molecule has 29 heteroatoms. The molecule has 1 saturated heterocycles. The van der Waals surface area contributed by atoms with Gasteiger partial charge in [0.1, 0.15) is 53.8 Å². The van der Waals surface area contributed by atoms with Gasteiger partial charge in [-0.25, -0.2) is 9.78 Å². The summed E-state index contributed by atoms with van der Waals surface area (Å²) in [6.45, 7) is 3.59. The van der Waals surface area contributed by atoms with Gasteiger partial charge in [0.05, 0.1) is 31.5 Å². The van der Waals surface area contributed by atoms with Crippen molar-refractivity contribution < 1.29 is 78.3 Å². The van der Waals surface area contributed by atoms with Gasteiger partial charge in [-0.15, -0.1) is 0 Å². The number of hydrogen-bond acceptors (Lipinski definition) is 17.